The first-order valence-electron chi connectivity index (χ1n) is 10.3. The molecule has 2 heterocycles. The molecule has 0 aliphatic rings. The summed E-state index contributed by atoms with van der Waals surface area (Å²) >= 11 is 0. The van der Waals surface area contributed by atoms with Crippen molar-refractivity contribution in [1.29, 1.82) is 0 Å². The van der Waals surface area contributed by atoms with Crippen molar-refractivity contribution >= 4 is 17.4 Å². The lowest BCUT2D eigenvalue weighted by Gasteiger charge is -2.10. The van der Waals surface area contributed by atoms with Gasteiger partial charge in [0.25, 0.3) is 5.65 Å². The van der Waals surface area contributed by atoms with Gasteiger partial charge >= 0.3 is 5.95 Å². The molecule has 0 spiro atoms. The number of Topliss-reactive ketones (excluding diaryl/α,β-unsaturated/α-hetero) is 1. The molecule has 0 amide bonds. The number of hydrogen-bond acceptors (Lipinski definition) is 6. The molecule has 30 heavy (non-hydrogen) atoms. The van der Waals surface area contributed by atoms with Crippen LogP contribution in [0.15, 0.2) is 30.3 Å². The zero-order valence-electron chi connectivity index (χ0n) is 18.1. The standard InChI is InChI=1S/C22H29N5O3/c1-5-6-7-10-30-21-9-8-20-24-26(22(23)27(20)25-21)14-19(28)17-11-16(15(2)3)12-18(13-17)29-4/h8-9,11-13,15,23H,5-7,10,14H2,1-4H3/p+1. The number of aromatic nitrogens is 4. The normalized spacial score (nSPS) is 11.2. The van der Waals surface area contributed by atoms with Crippen LogP contribution >= 0.6 is 0 Å². The number of benzene rings is 1. The zero-order valence-corrected chi connectivity index (χ0v) is 18.1. The van der Waals surface area contributed by atoms with Gasteiger partial charge in [0.1, 0.15) is 5.75 Å². The number of carbonyl (C=O) groups is 1. The van der Waals surface area contributed by atoms with Crippen LogP contribution in [0.4, 0.5) is 5.95 Å². The summed E-state index contributed by atoms with van der Waals surface area (Å²) in [5.41, 5.74) is 8.37. The molecular formula is C22H30N5O3+. The molecule has 3 aromatic rings. The van der Waals surface area contributed by atoms with Gasteiger partial charge in [-0.1, -0.05) is 48.3 Å². The molecule has 3 rings (SSSR count). The highest BCUT2D eigenvalue weighted by atomic mass is 16.5. The van der Waals surface area contributed by atoms with Crippen LogP contribution in [0, 0.1) is 0 Å². The molecular weight excluding hydrogens is 382 g/mol. The summed E-state index contributed by atoms with van der Waals surface area (Å²) in [6.07, 6.45) is 3.22. The molecule has 2 N–H and O–H groups in total. The van der Waals surface area contributed by atoms with E-state index in [4.69, 9.17) is 15.2 Å². The van der Waals surface area contributed by atoms with Gasteiger partial charge in [0.15, 0.2) is 12.3 Å². The lowest BCUT2D eigenvalue weighted by atomic mass is 9.98. The summed E-state index contributed by atoms with van der Waals surface area (Å²) < 4.78 is 14.0. The van der Waals surface area contributed by atoms with E-state index in [1.165, 1.54) is 9.20 Å². The number of hydrogen-bond donors (Lipinski definition) is 1. The molecule has 0 aliphatic carbocycles. The molecule has 0 radical (unpaired) electrons. The number of unbranched alkanes of at least 4 members (excludes halogenated alkanes) is 2. The fraction of sp³-hybridized carbons (Fsp3) is 0.455. The van der Waals surface area contributed by atoms with E-state index in [2.05, 4.69) is 31.0 Å². The van der Waals surface area contributed by atoms with Crippen LogP contribution in [-0.4, -0.2) is 34.2 Å². The van der Waals surface area contributed by atoms with Crippen LogP contribution in [0.1, 0.15) is 61.9 Å². The number of nitrogens with two attached hydrogens (primary N) is 1. The highest BCUT2D eigenvalue weighted by Gasteiger charge is 2.22. The number of carbonyl (C=O) groups excluding carboxylic acids is 1. The number of nitrogen functional groups attached to an aromatic ring is 1. The Morgan fingerprint density at radius 1 is 1.23 bits per heavy atom. The highest BCUT2D eigenvalue weighted by molar-refractivity contribution is 5.95. The Morgan fingerprint density at radius 2 is 2.03 bits per heavy atom. The van der Waals surface area contributed by atoms with Crippen LogP contribution in [0.2, 0.25) is 0 Å². The second kappa shape index (κ2) is 9.56. The Kier molecular flexibility index (Phi) is 6.87. The van der Waals surface area contributed by atoms with Crippen LogP contribution < -0.4 is 19.9 Å². The van der Waals surface area contributed by atoms with Crippen molar-refractivity contribution in [3.05, 3.63) is 41.5 Å². The van der Waals surface area contributed by atoms with Crippen LogP contribution in [0.25, 0.3) is 5.65 Å². The first-order valence-corrected chi connectivity index (χ1v) is 10.3. The summed E-state index contributed by atoms with van der Waals surface area (Å²) in [6.45, 7) is 6.91. The molecule has 2 aromatic heterocycles. The second-order valence-corrected chi connectivity index (χ2v) is 7.59. The summed E-state index contributed by atoms with van der Waals surface area (Å²) in [5.74, 6) is 1.58. The van der Waals surface area contributed by atoms with Gasteiger partial charge in [0.2, 0.25) is 5.88 Å². The number of ether oxygens (including phenoxy) is 2. The van der Waals surface area contributed by atoms with E-state index in [0.29, 0.717) is 29.4 Å². The van der Waals surface area contributed by atoms with Crippen LogP contribution in [0.5, 0.6) is 11.6 Å². The van der Waals surface area contributed by atoms with Gasteiger partial charge in [-0.05, 0) is 36.1 Å². The van der Waals surface area contributed by atoms with Gasteiger partial charge in [0, 0.05) is 17.7 Å². The van der Waals surface area contributed by atoms with E-state index >= 15 is 0 Å². The van der Waals surface area contributed by atoms with Crippen molar-refractivity contribution in [1.82, 2.24) is 14.7 Å². The number of ketones is 1. The molecule has 0 fully saturated rings. The molecule has 1 aromatic carbocycles. The van der Waals surface area contributed by atoms with E-state index < -0.39 is 0 Å². The molecule has 8 heteroatoms. The fourth-order valence-electron chi connectivity index (χ4n) is 3.11. The first-order chi connectivity index (χ1) is 14.4. The molecule has 0 bridgehead atoms. The van der Waals surface area contributed by atoms with Gasteiger partial charge in [-0.25, -0.2) is 0 Å². The quantitative estimate of drug-likeness (QED) is 0.312. The van der Waals surface area contributed by atoms with Gasteiger partial charge in [-0.2, -0.15) is 0 Å². The average molecular weight is 413 g/mol. The minimum Gasteiger partial charge on any atom is -0.497 e. The lowest BCUT2D eigenvalue weighted by molar-refractivity contribution is -0.723. The Balaban J connectivity index is 1.81. The predicted octanol–water partition coefficient (Wildman–Crippen LogP) is 3.18. The minimum atomic E-state index is -0.105. The van der Waals surface area contributed by atoms with Gasteiger partial charge in [-0.3, -0.25) is 10.5 Å². The van der Waals surface area contributed by atoms with Gasteiger partial charge in [0.05, 0.1) is 13.7 Å². The third-order valence-corrected chi connectivity index (χ3v) is 4.94. The van der Waals surface area contributed by atoms with Crippen molar-refractivity contribution in [2.45, 2.75) is 52.5 Å². The Morgan fingerprint density at radius 3 is 2.73 bits per heavy atom. The Labute approximate surface area is 176 Å². The van der Waals surface area contributed by atoms with Crippen molar-refractivity contribution in [3.63, 3.8) is 0 Å². The van der Waals surface area contributed by atoms with E-state index in [0.717, 1.165) is 24.8 Å². The van der Waals surface area contributed by atoms with Crippen LogP contribution in [-0.2, 0) is 6.54 Å². The number of anilines is 1. The molecule has 160 valence electrons. The molecule has 0 unspecified atom stereocenters. The van der Waals surface area contributed by atoms with E-state index in [9.17, 15) is 4.79 Å². The maximum absolute atomic E-state index is 12.9. The van der Waals surface area contributed by atoms with Crippen molar-refractivity contribution in [2.24, 2.45) is 0 Å². The van der Waals surface area contributed by atoms with Crippen molar-refractivity contribution in [3.8, 4) is 11.6 Å². The maximum atomic E-state index is 12.9. The second-order valence-electron chi connectivity index (χ2n) is 7.59. The van der Waals surface area contributed by atoms with E-state index in [1.54, 1.807) is 25.3 Å². The number of nitrogens with zero attached hydrogens (tertiary/aromatic N) is 4. The number of fused-ring (bicyclic) bond motifs is 1. The smallest absolute Gasteiger partial charge is 0.401 e. The third kappa shape index (κ3) is 4.87. The van der Waals surface area contributed by atoms with Crippen molar-refractivity contribution < 1.29 is 19.0 Å². The van der Waals surface area contributed by atoms with E-state index in [-0.39, 0.29) is 24.2 Å². The largest absolute Gasteiger partial charge is 0.497 e. The molecule has 0 saturated carbocycles. The highest BCUT2D eigenvalue weighted by Crippen LogP contribution is 2.23. The first kappa shape index (κ1) is 21.5. The number of methoxy groups -OCH3 is 1. The lowest BCUT2D eigenvalue weighted by Crippen LogP contribution is -2.42. The SMILES string of the molecule is CCCCCOc1ccc2n[n+](CC(=O)c3cc(OC)cc(C(C)C)c3)c(N)n2n1. The topological polar surface area (TPSA) is 95.6 Å². The fourth-order valence-corrected chi connectivity index (χ4v) is 3.11. The minimum absolute atomic E-state index is 0.00653. The summed E-state index contributed by atoms with van der Waals surface area (Å²) in [5, 5.41) is 8.81. The van der Waals surface area contributed by atoms with Crippen LogP contribution in [0.3, 0.4) is 0 Å². The monoisotopic (exact) mass is 412 g/mol. The zero-order chi connectivity index (χ0) is 21.7. The summed E-state index contributed by atoms with van der Waals surface area (Å²) in [7, 11) is 1.59. The molecule has 8 nitrogen and oxygen atoms in total. The van der Waals surface area contributed by atoms with Gasteiger partial charge in [-0.15, -0.1) is 4.68 Å². The molecule has 0 atom stereocenters. The predicted molar refractivity (Wildman–Crippen MR) is 114 cm³/mol. The van der Waals surface area contributed by atoms with E-state index in [1.807, 2.05) is 12.1 Å². The Bertz CT molecular complexity index is 1030. The summed E-state index contributed by atoms with van der Waals surface area (Å²) in [4.78, 5) is 12.9. The summed E-state index contributed by atoms with van der Waals surface area (Å²) in [6, 6.07) is 9.11. The van der Waals surface area contributed by atoms with Crippen molar-refractivity contribution in [2.75, 3.05) is 19.5 Å². The Hall–Kier alpha value is -3.16. The number of rotatable bonds is 10. The molecule has 0 aliphatic heterocycles. The maximum Gasteiger partial charge on any atom is 0.401 e. The molecule has 0 saturated heterocycles. The van der Waals surface area contributed by atoms with Gasteiger partial charge < -0.3 is 9.47 Å². The third-order valence-electron chi connectivity index (χ3n) is 4.94. The average Bonchev–Trinajstić information content (AvgIpc) is 3.05.